The van der Waals surface area contributed by atoms with E-state index in [0.717, 1.165) is 4.31 Å². The van der Waals surface area contributed by atoms with Crippen LogP contribution >= 0.6 is 34.8 Å². The third-order valence-electron chi connectivity index (χ3n) is 3.74. The lowest BCUT2D eigenvalue weighted by molar-refractivity contribution is 0.336. The van der Waals surface area contributed by atoms with Crippen LogP contribution in [0, 0.1) is 0 Å². The van der Waals surface area contributed by atoms with Crippen molar-refractivity contribution in [3.05, 3.63) is 69.0 Å². The summed E-state index contributed by atoms with van der Waals surface area (Å²) in [6, 6.07) is 11.6. The van der Waals surface area contributed by atoms with Crippen LogP contribution in [0.3, 0.4) is 0 Å². The van der Waals surface area contributed by atoms with Gasteiger partial charge in [0.05, 0.1) is 12.3 Å². The van der Waals surface area contributed by atoms with Crippen molar-refractivity contribution in [1.29, 1.82) is 0 Å². The number of aromatic nitrogens is 2. The first-order chi connectivity index (χ1) is 12.7. The van der Waals surface area contributed by atoms with Gasteiger partial charge in [-0.25, -0.2) is 8.42 Å². The van der Waals surface area contributed by atoms with E-state index in [0.29, 0.717) is 32.0 Å². The van der Waals surface area contributed by atoms with Crippen molar-refractivity contribution < 1.29 is 12.9 Å². The number of nitrogens with zero attached hydrogens (tertiary/aromatic N) is 3. The van der Waals surface area contributed by atoms with E-state index in [-0.39, 0.29) is 18.2 Å². The second-order valence-electron chi connectivity index (χ2n) is 5.77. The van der Waals surface area contributed by atoms with Crippen molar-refractivity contribution in [2.45, 2.75) is 12.3 Å². The van der Waals surface area contributed by atoms with Crippen molar-refractivity contribution in [3.63, 3.8) is 0 Å². The highest BCUT2D eigenvalue weighted by molar-refractivity contribution is 7.88. The Bertz CT molecular complexity index is 1070. The Morgan fingerprint density at radius 2 is 1.81 bits per heavy atom. The van der Waals surface area contributed by atoms with E-state index in [2.05, 4.69) is 10.1 Å². The lowest BCUT2D eigenvalue weighted by Crippen LogP contribution is -2.28. The molecule has 0 saturated carbocycles. The van der Waals surface area contributed by atoms with E-state index in [9.17, 15) is 8.42 Å². The van der Waals surface area contributed by atoms with Crippen molar-refractivity contribution in [1.82, 2.24) is 14.4 Å². The first kappa shape index (κ1) is 20.1. The molecule has 0 atom stereocenters. The number of hydrogen-bond donors (Lipinski definition) is 0. The Kier molecular flexibility index (Phi) is 6.08. The molecule has 0 aliphatic rings. The normalized spacial score (nSPS) is 11.9. The molecule has 0 radical (unpaired) electrons. The number of halogens is 3. The molecule has 3 aromatic rings. The summed E-state index contributed by atoms with van der Waals surface area (Å²) in [6.07, 6.45) is 0. The molecular formula is C17H14Cl3N3O3S. The molecule has 142 valence electrons. The van der Waals surface area contributed by atoms with Gasteiger partial charge in [0.15, 0.2) is 0 Å². The molecule has 10 heteroatoms. The highest BCUT2D eigenvalue weighted by Crippen LogP contribution is 2.24. The van der Waals surface area contributed by atoms with E-state index < -0.39 is 10.0 Å². The molecule has 0 aliphatic heterocycles. The molecular weight excluding hydrogens is 433 g/mol. The minimum Gasteiger partial charge on any atom is -0.338 e. The standard InChI is InChI=1S/C17H14Cl3N3O3S/c1-23(27(24,25)10-12-5-6-14(19)8-15(12)20)9-16-21-17(22-26-16)11-3-2-4-13(18)7-11/h2-8H,9-10H2,1H3. The van der Waals surface area contributed by atoms with Crippen LogP contribution in [0.5, 0.6) is 0 Å². The quantitative estimate of drug-likeness (QED) is 0.550. The van der Waals surface area contributed by atoms with Crippen LogP contribution < -0.4 is 0 Å². The SMILES string of the molecule is CN(Cc1nc(-c2cccc(Cl)c2)no1)S(=O)(=O)Cc1ccc(Cl)cc1Cl. The maximum Gasteiger partial charge on any atom is 0.242 e. The first-order valence-corrected chi connectivity index (χ1v) is 10.5. The molecule has 27 heavy (non-hydrogen) atoms. The van der Waals surface area contributed by atoms with Crippen molar-refractivity contribution in [3.8, 4) is 11.4 Å². The highest BCUT2D eigenvalue weighted by atomic mass is 35.5. The van der Waals surface area contributed by atoms with Gasteiger partial charge in [0.2, 0.25) is 21.7 Å². The molecule has 0 aliphatic carbocycles. The Balaban J connectivity index is 1.73. The molecule has 0 amide bonds. The molecule has 1 aromatic heterocycles. The molecule has 0 spiro atoms. The average Bonchev–Trinajstić information content (AvgIpc) is 3.06. The summed E-state index contributed by atoms with van der Waals surface area (Å²) in [5.74, 6) is 0.228. The highest BCUT2D eigenvalue weighted by Gasteiger charge is 2.23. The number of hydrogen-bond acceptors (Lipinski definition) is 5. The van der Waals surface area contributed by atoms with Gasteiger partial charge in [-0.2, -0.15) is 9.29 Å². The van der Waals surface area contributed by atoms with Crippen LogP contribution in [0.1, 0.15) is 11.5 Å². The smallest absolute Gasteiger partial charge is 0.242 e. The fourth-order valence-electron chi connectivity index (χ4n) is 2.30. The second-order valence-corrected chi connectivity index (χ2v) is 9.13. The van der Waals surface area contributed by atoms with E-state index in [1.807, 2.05) is 0 Å². The summed E-state index contributed by atoms with van der Waals surface area (Å²) in [6.45, 7) is -0.0683. The van der Waals surface area contributed by atoms with Gasteiger partial charge < -0.3 is 4.52 Å². The zero-order chi connectivity index (χ0) is 19.6. The number of benzene rings is 2. The van der Waals surface area contributed by atoms with Crippen LogP contribution in [0.25, 0.3) is 11.4 Å². The molecule has 0 bridgehead atoms. The third-order valence-corrected chi connectivity index (χ3v) is 6.31. The van der Waals surface area contributed by atoms with E-state index >= 15 is 0 Å². The van der Waals surface area contributed by atoms with Crippen molar-refractivity contribution >= 4 is 44.8 Å². The fraction of sp³-hybridized carbons (Fsp3) is 0.176. The molecule has 2 aromatic carbocycles. The van der Waals surface area contributed by atoms with Gasteiger partial charge in [-0.05, 0) is 29.8 Å². The lowest BCUT2D eigenvalue weighted by Gasteiger charge is -2.15. The summed E-state index contributed by atoms with van der Waals surface area (Å²) >= 11 is 17.9. The molecule has 0 saturated heterocycles. The fourth-order valence-corrected chi connectivity index (χ4v) is 4.22. The average molecular weight is 447 g/mol. The summed E-state index contributed by atoms with van der Waals surface area (Å²) in [5, 5.41) is 5.14. The summed E-state index contributed by atoms with van der Waals surface area (Å²) < 4.78 is 31.5. The third kappa shape index (κ3) is 5.00. The Morgan fingerprint density at radius 1 is 1.07 bits per heavy atom. The van der Waals surface area contributed by atoms with Crippen molar-refractivity contribution in [2.24, 2.45) is 0 Å². The Hall–Kier alpha value is -1.64. The maximum atomic E-state index is 12.6. The van der Waals surface area contributed by atoms with Crippen LogP contribution in [0.2, 0.25) is 15.1 Å². The number of sulfonamides is 1. The predicted molar refractivity (Wildman–Crippen MR) is 105 cm³/mol. The Morgan fingerprint density at radius 3 is 2.52 bits per heavy atom. The maximum absolute atomic E-state index is 12.6. The van der Waals surface area contributed by atoms with Crippen LogP contribution in [0.15, 0.2) is 47.0 Å². The molecule has 3 rings (SSSR count). The Labute approximate surface area is 171 Å². The van der Waals surface area contributed by atoms with Gasteiger partial charge in [-0.15, -0.1) is 0 Å². The molecule has 6 nitrogen and oxygen atoms in total. The van der Waals surface area contributed by atoms with Gasteiger partial charge in [0, 0.05) is 27.7 Å². The zero-order valence-electron chi connectivity index (χ0n) is 14.1. The van der Waals surface area contributed by atoms with Gasteiger partial charge >= 0.3 is 0 Å². The van der Waals surface area contributed by atoms with Crippen LogP contribution in [-0.2, 0) is 22.3 Å². The zero-order valence-corrected chi connectivity index (χ0v) is 17.1. The van der Waals surface area contributed by atoms with E-state index in [1.54, 1.807) is 36.4 Å². The van der Waals surface area contributed by atoms with Crippen molar-refractivity contribution in [2.75, 3.05) is 7.05 Å². The second kappa shape index (κ2) is 8.16. The minimum absolute atomic E-state index is 0.0683. The minimum atomic E-state index is -3.65. The van der Waals surface area contributed by atoms with Gasteiger partial charge in [0.1, 0.15) is 0 Å². The van der Waals surface area contributed by atoms with E-state index in [4.69, 9.17) is 39.3 Å². The molecule has 0 N–H and O–H groups in total. The molecule has 0 unspecified atom stereocenters. The lowest BCUT2D eigenvalue weighted by atomic mass is 10.2. The summed E-state index contributed by atoms with van der Waals surface area (Å²) in [7, 11) is -2.22. The van der Waals surface area contributed by atoms with Gasteiger partial charge in [0.25, 0.3) is 0 Å². The summed E-state index contributed by atoms with van der Waals surface area (Å²) in [5.41, 5.74) is 1.13. The topological polar surface area (TPSA) is 76.3 Å². The first-order valence-electron chi connectivity index (χ1n) is 7.71. The monoisotopic (exact) mass is 445 g/mol. The predicted octanol–water partition coefficient (Wildman–Crippen LogP) is 4.66. The van der Waals surface area contributed by atoms with Gasteiger partial charge in [-0.3, -0.25) is 0 Å². The van der Waals surface area contributed by atoms with Crippen LogP contribution in [0.4, 0.5) is 0 Å². The number of rotatable bonds is 6. The summed E-state index contributed by atoms with van der Waals surface area (Å²) in [4.78, 5) is 4.23. The molecule has 1 heterocycles. The molecule has 0 fully saturated rings. The van der Waals surface area contributed by atoms with Crippen LogP contribution in [-0.4, -0.2) is 29.9 Å². The largest absolute Gasteiger partial charge is 0.338 e. The van der Waals surface area contributed by atoms with Gasteiger partial charge in [-0.1, -0.05) is 58.2 Å². The van der Waals surface area contributed by atoms with E-state index in [1.165, 1.54) is 13.1 Å².